The number of rotatable bonds is 8. The third-order valence-corrected chi connectivity index (χ3v) is 5.87. The van der Waals surface area contributed by atoms with Gasteiger partial charge in [0.25, 0.3) is 0 Å². The van der Waals surface area contributed by atoms with Crippen LogP contribution < -0.4 is 5.32 Å². The Morgan fingerprint density at radius 1 is 1.03 bits per heavy atom. The van der Waals surface area contributed by atoms with Crippen LogP contribution in [0.1, 0.15) is 37.8 Å². The molecule has 0 unspecified atom stereocenters. The molecule has 0 bridgehead atoms. The second-order valence-corrected chi connectivity index (χ2v) is 11.2. The van der Waals surface area contributed by atoms with Crippen molar-refractivity contribution in [1.29, 1.82) is 0 Å². The zero-order valence-electron chi connectivity index (χ0n) is 19.5. The average molecular weight is 539 g/mol. The Bertz CT molecular complexity index is 1080. The van der Waals surface area contributed by atoms with E-state index >= 15 is 0 Å². The molecular formula is C26H26Cl3NO5. The summed E-state index contributed by atoms with van der Waals surface area (Å²) in [5.74, 6) is 1.48. The van der Waals surface area contributed by atoms with E-state index in [2.05, 4.69) is 11.2 Å². The van der Waals surface area contributed by atoms with Gasteiger partial charge in [0.05, 0.1) is 6.10 Å². The number of esters is 1. The summed E-state index contributed by atoms with van der Waals surface area (Å²) in [6, 6.07) is 14.7. The van der Waals surface area contributed by atoms with E-state index in [0.717, 1.165) is 22.3 Å². The van der Waals surface area contributed by atoms with E-state index in [-0.39, 0.29) is 12.5 Å². The maximum Gasteiger partial charge on any atom is 0.407 e. The van der Waals surface area contributed by atoms with Gasteiger partial charge >= 0.3 is 12.1 Å². The van der Waals surface area contributed by atoms with E-state index in [1.54, 1.807) is 20.8 Å². The van der Waals surface area contributed by atoms with Gasteiger partial charge in [-0.2, -0.15) is 0 Å². The maximum atomic E-state index is 12.8. The Morgan fingerprint density at radius 2 is 1.57 bits per heavy atom. The number of carbonyl (C=O) groups is 2. The lowest BCUT2D eigenvalue weighted by Crippen LogP contribution is -2.52. The van der Waals surface area contributed by atoms with Crippen LogP contribution in [0.3, 0.4) is 0 Å². The molecule has 0 saturated carbocycles. The van der Waals surface area contributed by atoms with Crippen molar-refractivity contribution < 1.29 is 23.8 Å². The number of hydrogen-bond acceptors (Lipinski definition) is 5. The summed E-state index contributed by atoms with van der Waals surface area (Å²) in [6.07, 6.45) is 3.79. The van der Waals surface area contributed by atoms with E-state index in [4.69, 9.17) is 55.4 Å². The lowest BCUT2D eigenvalue weighted by molar-refractivity contribution is -0.152. The van der Waals surface area contributed by atoms with Crippen LogP contribution in [-0.4, -0.2) is 46.8 Å². The Kier molecular flexibility index (Phi) is 8.61. The molecule has 35 heavy (non-hydrogen) atoms. The van der Waals surface area contributed by atoms with Crippen molar-refractivity contribution in [3.05, 3.63) is 59.7 Å². The van der Waals surface area contributed by atoms with Crippen LogP contribution in [0.25, 0.3) is 11.1 Å². The van der Waals surface area contributed by atoms with E-state index in [9.17, 15) is 9.59 Å². The number of hydrogen-bond donors (Lipinski definition) is 1. The molecular weight excluding hydrogens is 513 g/mol. The zero-order chi connectivity index (χ0) is 25.8. The van der Waals surface area contributed by atoms with Crippen LogP contribution in [0.15, 0.2) is 48.5 Å². The quantitative estimate of drug-likeness (QED) is 0.268. The minimum Gasteiger partial charge on any atom is -0.460 e. The number of alkyl carbamates (subject to hydrolysis) is 1. The molecule has 2 atom stereocenters. The first-order valence-corrected chi connectivity index (χ1v) is 12.1. The Hall–Kier alpha value is -2.43. The van der Waals surface area contributed by atoms with E-state index in [1.807, 2.05) is 48.5 Å². The predicted molar refractivity (Wildman–Crippen MR) is 137 cm³/mol. The number of alkyl halides is 3. The van der Waals surface area contributed by atoms with Crippen molar-refractivity contribution in [3.63, 3.8) is 0 Å². The number of nitrogens with one attached hydrogen (secondary N) is 1. The maximum absolute atomic E-state index is 12.8. The van der Waals surface area contributed by atoms with Crippen LogP contribution in [0.4, 0.5) is 4.79 Å². The number of fused-ring (bicyclic) bond motifs is 3. The second kappa shape index (κ2) is 11.1. The van der Waals surface area contributed by atoms with Gasteiger partial charge in [0.15, 0.2) is 6.04 Å². The minimum atomic E-state index is -1.81. The van der Waals surface area contributed by atoms with Crippen LogP contribution >= 0.6 is 34.8 Å². The summed E-state index contributed by atoms with van der Waals surface area (Å²) in [5, 5.41) is 2.51. The second-order valence-electron chi connectivity index (χ2n) is 8.65. The van der Waals surface area contributed by atoms with E-state index in [1.165, 1.54) is 0 Å². The fraction of sp³-hybridized carbons (Fsp3) is 0.385. The van der Waals surface area contributed by atoms with Crippen LogP contribution in [0, 0.1) is 12.3 Å². The summed E-state index contributed by atoms with van der Waals surface area (Å²) in [5.41, 5.74) is 3.32. The van der Waals surface area contributed by atoms with Gasteiger partial charge in [-0.3, -0.25) is 0 Å². The first-order valence-electron chi connectivity index (χ1n) is 10.9. The summed E-state index contributed by atoms with van der Waals surface area (Å²) in [6.45, 7) is 4.44. The minimum absolute atomic E-state index is 0.0703. The molecule has 1 N–H and O–H groups in total. The largest absolute Gasteiger partial charge is 0.460 e. The monoisotopic (exact) mass is 537 g/mol. The van der Waals surface area contributed by atoms with Gasteiger partial charge in [-0.1, -0.05) is 89.3 Å². The molecule has 9 heteroatoms. The highest BCUT2D eigenvalue weighted by molar-refractivity contribution is 6.67. The van der Waals surface area contributed by atoms with Crippen LogP contribution in [-0.2, 0) is 19.0 Å². The molecule has 0 aromatic heterocycles. The van der Waals surface area contributed by atoms with Crippen LogP contribution in [0.2, 0.25) is 0 Å². The van der Waals surface area contributed by atoms with Crippen LogP contribution in [0.5, 0.6) is 0 Å². The molecule has 1 aliphatic rings. The lowest BCUT2D eigenvalue weighted by atomic mass is 9.98. The van der Waals surface area contributed by atoms with Gasteiger partial charge in [-0.25, -0.2) is 9.59 Å². The molecule has 0 aliphatic heterocycles. The first-order chi connectivity index (χ1) is 16.4. The van der Waals surface area contributed by atoms with Crippen molar-refractivity contribution in [3.8, 4) is 23.5 Å². The summed E-state index contributed by atoms with van der Waals surface area (Å²) >= 11 is 17.1. The van der Waals surface area contributed by atoms with Gasteiger partial charge in [0.1, 0.15) is 18.8 Å². The van der Waals surface area contributed by atoms with E-state index < -0.39 is 40.2 Å². The van der Waals surface area contributed by atoms with Gasteiger partial charge in [0.2, 0.25) is 3.79 Å². The molecule has 0 heterocycles. The number of benzene rings is 2. The first kappa shape index (κ1) is 27.2. The fourth-order valence-corrected chi connectivity index (χ4v) is 4.11. The molecule has 0 fully saturated rings. The smallest absolute Gasteiger partial charge is 0.407 e. The number of terminal acetylenes is 1. The fourth-order valence-electron chi connectivity index (χ4n) is 3.94. The number of halogens is 3. The molecule has 0 spiro atoms. The molecule has 6 nitrogen and oxygen atoms in total. The van der Waals surface area contributed by atoms with Crippen molar-refractivity contribution in [2.45, 2.75) is 48.2 Å². The zero-order valence-corrected chi connectivity index (χ0v) is 21.8. The Labute approximate surface area is 220 Å². The third-order valence-electron chi connectivity index (χ3n) is 5.55. The molecule has 0 radical (unpaired) electrons. The Morgan fingerprint density at radius 3 is 2.09 bits per heavy atom. The lowest BCUT2D eigenvalue weighted by Gasteiger charge is -2.29. The molecule has 0 saturated heterocycles. The van der Waals surface area contributed by atoms with E-state index in [0.29, 0.717) is 0 Å². The SMILES string of the molecule is C#CC(C)(C)O[C@H](C)[C@H](NC(=O)OCC1c2ccccc2-c2ccccc21)C(=O)OCC(Cl)(Cl)Cl. The molecule has 186 valence electrons. The van der Waals surface area contributed by atoms with Gasteiger partial charge in [-0.15, -0.1) is 6.42 Å². The molecule has 2 aromatic carbocycles. The molecule has 1 amide bonds. The standard InChI is InChI=1S/C26H26Cl3NO5/c1-5-25(3,4)35-16(2)22(23(31)34-15-26(27,28)29)30-24(32)33-14-21-19-12-8-6-10-17(19)18-11-7-9-13-20(18)21/h1,6-13,16,21-22H,14-15H2,2-4H3,(H,30,32)/t16-,22+/m1/s1. The highest BCUT2D eigenvalue weighted by Gasteiger charge is 2.35. The topological polar surface area (TPSA) is 73.9 Å². The highest BCUT2D eigenvalue weighted by atomic mass is 35.6. The van der Waals surface area contributed by atoms with Crippen molar-refractivity contribution in [2.24, 2.45) is 0 Å². The average Bonchev–Trinajstić information content (AvgIpc) is 3.12. The predicted octanol–water partition coefficient (Wildman–Crippen LogP) is 5.62. The summed E-state index contributed by atoms with van der Waals surface area (Å²) in [7, 11) is 0. The van der Waals surface area contributed by atoms with Gasteiger partial charge in [-0.05, 0) is 43.0 Å². The van der Waals surface area contributed by atoms with Crippen molar-refractivity contribution in [1.82, 2.24) is 5.32 Å². The Balaban J connectivity index is 1.71. The van der Waals surface area contributed by atoms with Crippen molar-refractivity contribution in [2.75, 3.05) is 13.2 Å². The van der Waals surface area contributed by atoms with Crippen molar-refractivity contribution >= 4 is 46.9 Å². The number of ether oxygens (including phenoxy) is 3. The molecule has 2 aromatic rings. The van der Waals surface area contributed by atoms with Gasteiger partial charge < -0.3 is 19.5 Å². The molecule has 1 aliphatic carbocycles. The molecule has 3 rings (SSSR count). The van der Waals surface area contributed by atoms with Gasteiger partial charge in [0, 0.05) is 5.92 Å². The summed E-state index contributed by atoms with van der Waals surface area (Å²) < 4.78 is 14.6. The number of carbonyl (C=O) groups excluding carboxylic acids is 2. The summed E-state index contributed by atoms with van der Waals surface area (Å²) in [4.78, 5) is 25.5. The normalized spacial score (nSPS) is 14.8. The highest BCUT2D eigenvalue weighted by Crippen LogP contribution is 2.44. The third kappa shape index (κ3) is 7.05. The number of amides is 1.